The molecule has 0 unspecified atom stereocenters. The third-order valence-corrected chi connectivity index (χ3v) is 6.85. The van der Waals surface area contributed by atoms with Gasteiger partial charge in [0.1, 0.15) is 17.7 Å². The molecule has 3 aromatic rings. The summed E-state index contributed by atoms with van der Waals surface area (Å²) >= 11 is 6.15. The van der Waals surface area contributed by atoms with Gasteiger partial charge in [-0.05, 0) is 24.3 Å². The average molecular weight is 578 g/mol. The minimum atomic E-state index is -4.65. The first-order chi connectivity index (χ1) is 18.7. The van der Waals surface area contributed by atoms with Crippen molar-refractivity contribution in [2.24, 2.45) is 7.05 Å². The standard InChI is InChI=1S/C28H31ClF3N5O3/c1-27(2,3)23-16-24(36(4)35-23)34-26(39)33-18-13-17(28(30,31)32)14-20(15-18)40-19-9-11-37(12-10-19)25(38)21-7-5-6-8-22(21)29/h5-8,13-16,19H,9-12H2,1-4H3,(H2,33,34,39). The number of piperidine rings is 1. The third-order valence-electron chi connectivity index (χ3n) is 6.52. The van der Waals surface area contributed by atoms with Gasteiger partial charge in [-0.3, -0.25) is 14.8 Å². The second-order valence-corrected chi connectivity index (χ2v) is 11.1. The molecular formula is C28H31ClF3N5O3. The Labute approximate surface area is 235 Å². The van der Waals surface area contributed by atoms with E-state index >= 15 is 0 Å². The second-order valence-electron chi connectivity index (χ2n) is 10.7. The molecule has 40 heavy (non-hydrogen) atoms. The van der Waals surface area contributed by atoms with E-state index in [-0.39, 0.29) is 22.8 Å². The predicted molar refractivity (Wildman–Crippen MR) is 147 cm³/mol. The number of nitrogens with one attached hydrogen (secondary N) is 2. The molecule has 0 bridgehead atoms. The van der Waals surface area contributed by atoms with Crippen LogP contribution in [0.25, 0.3) is 0 Å². The molecule has 8 nitrogen and oxygen atoms in total. The van der Waals surface area contributed by atoms with Crippen LogP contribution < -0.4 is 15.4 Å². The van der Waals surface area contributed by atoms with Crippen molar-refractivity contribution < 1.29 is 27.5 Å². The Kier molecular flexibility index (Phi) is 8.34. The maximum Gasteiger partial charge on any atom is 0.416 e. The van der Waals surface area contributed by atoms with Crippen LogP contribution in [0, 0.1) is 0 Å². The highest BCUT2D eigenvalue weighted by Crippen LogP contribution is 2.35. The lowest BCUT2D eigenvalue weighted by Crippen LogP contribution is -2.41. The van der Waals surface area contributed by atoms with E-state index in [4.69, 9.17) is 16.3 Å². The smallest absolute Gasteiger partial charge is 0.416 e. The molecule has 12 heteroatoms. The van der Waals surface area contributed by atoms with Gasteiger partial charge in [-0.15, -0.1) is 0 Å². The summed E-state index contributed by atoms with van der Waals surface area (Å²) in [6.45, 7) is 6.66. The number of alkyl halides is 3. The summed E-state index contributed by atoms with van der Waals surface area (Å²) in [4.78, 5) is 27.1. The van der Waals surface area contributed by atoms with Crippen LogP contribution in [0.15, 0.2) is 48.5 Å². The van der Waals surface area contributed by atoms with Crippen molar-refractivity contribution in [3.05, 3.63) is 70.4 Å². The zero-order chi connectivity index (χ0) is 29.2. The van der Waals surface area contributed by atoms with Gasteiger partial charge in [0.05, 0.1) is 21.8 Å². The molecule has 0 radical (unpaired) electrons. The summed E-state index contributed by atoms with van der Waals surface area (Å²) < 4.78 is 48.4. The number of urea groups is 1. The molecule has 0 spiro atoms. The number of aromatic nitrogens is 2. The molecule has 2 heterocycles. The number of hydrogen-bond acceptors (Lipinski definition) is 4. The number of carbonyl (C=O) groups excluding carboxylic acids is 2. The first-order valence-corrected chi connectivity index (χ1v) is 13.1. The number of aryl methyl sites for hydroxylation is 1. The summed E-state index contributed by atoms with van der Waals surface area (Å²) in [6.07, 6.45) is -4.22. The van der Waals surface area contributed by atoms with E-state index in [9.17, 15) is 22.8 Å². The lowest BCUT2D eigenvalue weighted by Gasteiger charge is -2.32. The van der Waals surface area contributed by atoms with Gasteiger partial charge >= 0.3 is 12.2 Å². The fourth-order valence-corrected chi connectivity index (χ4v) is 4.52. The van der Waals surface area contributed by atoms with Gasteiger partial charge in [0.25, 0.3) is 5.91 Å². The van der Waals surface area contributed by atoms with Crippen LogP contribution in [0.3, 0.4) is 0 Å². The quantitative estimate of drug-likeness (QED) is 0.352. The largest absolute Gasteiger partial charge is 0.490 e. The van der Waals surface area contributed by atoms with E-state index in [0.29, 0.717) is 42.3 Å². The van der Waals surface area contributed by atoms with Crippen molar-refractivity contribution in [1.82, 2.24) is 14.7 Å². The maximum atomic E-state index is 13.7. The van der Waals surface area contributed by atoms with Crippen molar-refractivity contribution >= 4 is 35.0 Å². The molecule has 0 saturated carbocycles. The van der Waals surface area contributed by atoms with Crippen LogP contribution in [0.4, 0.5) is 29.5 Å². The Bertz CT molecular complexity index is 1390. The first kappa shape index (κ1) is 29.3. The van der Waals surface area contributed by atoms with Crippen molar-refractivity contribution in [1.29, 1.82) is 0 Å². The number of rotatable bonds is 5. The van der Waals surface area contributed by atoms with Crippen LogP contribution in [-0.4, -0.2) is 45.8 Å². The summed E-state index contributed by atoms with van der Waals surface area (Å²) in [7, 11) is 1.66. The van der Waals surface area contributed by atoms with E-state index in [0.717, 1.165) is 17.8 Å². The number of ether oxygens (including phenoxy) is 1. The minimum absolute atomic E-state index is 0.0310. The summed E-state index contributed by atoms with van der Waals surface area (Å²) in [5, 5.41) is 9.83. The lowest BCUT2D eigenvalue weighted by atomic mass is 9.92. The fourth-order valence-electron chi connectivity index (χ4n) is 4.31. The van der Waals surface area contributed by atoms with Crippen molar-refractivity contribution in [2.45, 2.75) is 51.3 Å². The fraction of sp³-hybridized carbons (Fsp3) is 0.393. The number of benzene rings is 2. The predicted octanol–water partition coefficient (Wildman–Crippen LogP) is 6.72. The normalized spacial score (nSPS) is 14.7. The molecular weight excluding hydrogens is 547 g/mol. The number of amides is 3. The SMILES string of the molecule is Cn1nc(C(C)(C)C)cc1NC(=O)Nc1cc(OC2CCN(C(=O)c3ccccc3Cl)CC2)cc(C(F)(F)F)c1. The van der Waals surface area contributed by atoms with Crippen LogP contribution in [0.2, 0.25) is 5.02 Å². The molecule has 3 amide bonds. The second kappa shape index (κ2) is 11.4. The van der Waals surface area contributed by atoms with Gasteiger partial charge in [-0.25, -0.2) is 4.79 Å². The van der Waals surface area contributed by atoms with E-state index in [1.807, 2.05) is 20.8 Å². The first-order valence-electron chi connectivity index (χ1n) is 12.8. The highest BCUT2D eigenvalue weighted by Gasteiger charge is 2.32. The highest BCUT2D eigenvalue weighted by molar-refractivity contribution is 6.33. The van der Waals surface area contributed by atoms with Crippen LogP contribution in [-0.2, 0) is 18.6 Å². The molecule has 0 atom stereocenters. The number of likely N-dealkylation sites (tertiary alicyclic amines) is 1. The Morgan fingerprint density at radius 2 is 1.70 bits per heavy atom. The van der Waals surface area contributed by atoms with Gasteiger partial charge in [0, 0.05) is 56.2 Å². The zero-order valence-electron chi connectivity index (χ0n) is 22.6. The number of carbonyl (C=O) groups is 2. The summed E-state index contributed by atoms with van der Waals surface area (Å²) in [5.41, 5.74) is -0.135. The molecule has 1 aliphatic rings. The maximum absolute atomic E-state index is 13.7. The van der Waals surface area contributed by atoms with E-state index in [1.54, 1.807) is 42.3 Å². The zero-order valence-corrected chi connectivity index (χ0v) is 23.4. The monoisotopic (exact) mass is 577 g/mol. The number of halogens is 4. The van der Waals surface area contributed by atoms with Gasteiger partial charge in [-0.1, -0.05) is 44.5 Å². The highest BCUT2D eigenvalue weighted by atomic mass is 35.5. The summed E-state index contributed by atoms with van der Waals surface area (Å²) in [6, 6.07) is 10.9. The molecule has 2 aromatic carbocycles. The van der Waals surface area contributed by atoms with Gasteiger partial charge < -0.3 is 15.0 Å². The molecule has 2 N–H and O–H groups in total. The van der Waals surface area contributed by atoms with Crippen molar-refractivity contribution in [2.75, 3.05) is 23.7 Å². The number of anilines is 2. The third kappa shape index (κ3) is 7.07. The average Bonchev–Trinajstić information content (AvgIpc) is 3.24. The number of hydrogen-bond donors (Lipinski definition) is 2. The topological polar surface area (TPSA) is 88.5 Å². The van der Waals surface area contributed by atoms with E-state index in [2.05, 4.69) is 15.7 Å². The Morgan fingerprint density at radius 3 is 2.30 bits per heavy atom. The van der Waals surface area contributed by atoms with Crippen LogP contribution in [0.1, 0.15) is 55.2 Å². The minimum Gasteiger partial charge on any atom is -0.490 e. The van der Waals surface area contributed by atoms with Crippen molar-refractivity contribution in [3.8, 4) is 5.75 Å². The summed E-state index contributed by atoms with van der Waals surface area (Å²) in [5.74, 6) is 0.157. The molecule has 0 aliphatic carbocycles. The Hall–Kier alpha value is -3.73. The molecule has 1 aromatic heterocycles. The molecule has 1 fully saturated rings. The van der Waals surface area contributed by atoms with Crippen molar-refractivity contribution in [3.63, 3.8) is 0 Å². The van der Waals surface area contributed by atoms with Crippen LogP contribution in [0.5, 0.6) is 5.75 Å². The van der Waals surface area contributed by atoms with Crippen LogP contribution >= 0.6 is 11.6 Å². The molecule has 4 rings (SSSR count). The Balaban J connectivity index is 1.43. The van der Waals surface area contributed by atoms with E-state index in [1.165, 1.54) is 10.7 Å². The van der Waals surface area contributed by atoms with Gasteiger partial charge in [0.15, 0.2) is 0 Å². The van der Waals surface area contributed by atoms with Gasteiger partial charge in [-0.2, -0.15) is 18.3 Å². The number of nitrogens with zero attached hydrogens (tertiary/aromatic N) is 3. The lowest BCUT2D eigenvalue weighted by molar-refractivity contribution is -0.137. The molecule has 214 valence electrons. The molecule has 1 aliphatic heterocycles. The van der Waals surface area contributed by atoms with E-state index < -0.39 is 23.9 Å². The Morgan fingerprint density at radius 1 is 1.02 bits per heavy atom. The molecule has 1 saturated heterocycles. The van der Waals surface area contributed by atoms with Gasteiger partial charge in [0.2, 0.25) is 0 Å².